The summed E-state index contributed by atoms with van der Waals surface area (Å²) < 4.78 is 0. The lowest BCUT2D eigenvalue weighted by molar-refractivity contribution is -0.144. The first-order chi connectivity index (χ1) is 9.45. The number of carboxylic acid groups (broad SMARTS) is 1. The van der Waals surface area contributed by atoms with Gasteiger partial charge >= 0.3 is 5.97 Å². The lowest BCUT2D eigenvalue weighted by Gasteiger charge is -2.29. The largest absolute Gasteiger partial charge is 0.481 e. The van der Waals surface area contributed by atoms with Gasteiger partial charge in [0.15, 0.2) is 0 Å². The van der Waals surface area contributed by atoms with E-state index >= 15 is 0 Å². The van der Waals surface area contributed by atoms with Crippen LogP contribution in [0.5, 0.6) is 0 Å². The fourth-order valence-corrected chi connectivity index (χ4v) is 3.21. The van der Waals surface area contributed by atoms with E-state index in [1.807, 2.05) is 13.8 Å². The van der Waals surface area contributed by atoms with Crippen molar-refractivity contribution in [2.24, 2.45) is 11.8 Å². The maximum atomic E-state index is 12.6. The van der Waals surface area contributed by atoms with Crippen LogP contribution in [0.3, 0.4) is 0 Å². The van der Waals surface area contributed by atoms with Crippen LogP contribution in [0.15, 0.2) is 0 Å². The zero-order valence-electron chi connectivity index (χ0n) is 12.0. The highest BCUT2D eigenvalue weighted by molar-refractivity contribution is 5.89. The van der Waals surface area contributed by atoms with E-state index in [0.29, 0.717) is 25.9 Å². The summed E-state index contributed by atoms with van der Waals surface area (Å²) in [5.41, 5.74) is 0. The van der Waals surface area contributed by atoms with E-state index in [4.69, 9.17) is 5.11 Å². The number of likely N-dealkylation sites (tertiary alicyclic amines) is 2. The van der Waals surface area contributed by atoms with E-state index in [1.165, 1.54) is 0 Å². The van der Waals surface area contributed by atoms with E-state index in [-0.39, 0.29) is 24.3 Å². The van der Waals surface area contributed by atoms with E-state index in [0.717, 1.165) is 6.42 Å². The van der Waals surface area contributed by atoms with Crippen molar-refractivity contribution < 1.29 is 19.5 Å². The Morgan fingerprint density at radius 3 is 2.55 bits per heavy atom. The standard InChI is InChI=1S/C14H22N2O4/c1-3-11(16-6-4-5-12(16)17)13(18)15-7-9(2)10(8-15)14(19)20/h9-11H,3-8H2,1-2H3,(H,19,20)/t9-,10-,11?/m1/s1. The summed E-state index contributed by atoms with van der Waals surface area (Å²) in [6, 6.07) is -0.426. The molecule has 2 saturated heterocycles. The average molecular weight is 282 g/mol. The lowest BCUT2D eigenvalue weighted by atomic mass is 9.99. The van der Waals surface area contributed by atoms with Crippen molar-refractivity contribution >= 4 is 17.8 Å². The van der Waals surface area contributed by atoms with Crippen LogP contribution in [0.2, 0.25) is 0 Å². The molecule has 0 bridgehead atoms. The van der Waals surface area contributed by atoms with Gasteiger partial charge in [0.25, 0.3) is 0 Å². The zero-order valence-corrected chi connectivity index (χ0v) is 12.0. The molecule has 0 aromatic carbocycles. The fraction of sp³-hybridized carbons (Fsp3) is 0.786. The number of carboxylic acids is 1. The second kappa shape index (κ2) is 5.81. The van der Waals surface area contributed by atoms with Crippen molar-refractivity contribution in [2.75, 3.05) is 19.6 Å². The molecule has 2 heterocycles. The molecule has 0 saturated carbocycles. The minimum absolute atomic E-state index is 0.0345. The van der Waals surface area contributed by atoms with E-state index in [2.05, 4.69) is 0 Å². The summed E-state index contributed by atoms with van der Waals surface area (Å²) in [7, 11) is 0. The number of carbonyl (C=O) groups is 3. The third kappa shape index (κ3) is 2.64. The third-order valence-corrected chi connectivity index (χ3v) is 4.40. The number of hydrogen-bond donors (Lipinski definition) is 1. The van der Waals surface area contributed by atoms with Crippen LogP contribution in [0.4, 0.5) is 0 Å². The summed E-state index contributed by atoms with van der Waals surface area (Å²) in [5.74, 6) is -1.45. The first-order valence-corrected chi connectivity index (χ1v) is 7.26. The Hall–Kier alpha value is -1.59. The fourth-order valence-electron chi connectivity index (χ4n) is 3.21. The van der Waals surface area contributed by atoms with Gasteiger partial charge in [0.05, 0.1) is 5.92 Å². The molecule has 0 aromatic heterocycles. The number of hydrogen-bond acceptors (Lipinski definition) is 3. The van der Waals surface area contributed by atoms with Gasteiger partial charge in [-0.15, -0.1) is 0 Å². The maximum Gasteiger partial charge on any atom is 0.308 e. The smallest absolute Gasteiger partial charge is 0.308 e. The van der Waals surface area contributed by atoms with Gasteiger partial charge in [0.2, 0.25) is 11.8 Å². The van der Waals surface area contributed by atoms with Crippen LogP contribution >= 0.6 is 0 Å². The SMILES string of the molecule is CCC(C(=O)N1C[C@@H](C)[C@H](C(=O)O)C1)N1CCCC1=O. The van der Waals surface area contributed by atoms with Crippen LogP contribution in [0, 0.1) is 11.8 Å². The summed E-state index contributed by atoms with van der Waals surface area (Å²) >= 11 is 0. The second-order valence-electron chi connectivity index (χ2n) is 5.78. The van der Waals surface area contributed by atoms with E-state index < -0.39 is 17.9 Å². The molecule has 2 fully saturated rings. The summed E-state index contributed by atoms with van der Waals surface area (Å²) in [6.45, 7) is 5.10. The normalized spacial score (nSPS) is 28.0. The van der Waals surface area contributed by atoms with E-state index in [1.54, 1.807) is 9.80 Å². The molecular formula is C14H22N2O4. The first kappa shape index (κ1) is 14.8. The molecule has 0 radical (unpaired) electrons. The minimum atomic E-state index is -0.849. The molecule has 20 heavy (non-hydrogen) atoms. The van der Waals surface area contributed by atoms with Crippen molar-refractivity contribution in [1.29, 1.82) is 0 Å². The Labute approximate surface area is 118 Å². The molecule has 112 valence electrons. The van der Waals surface area contributed by atoms with Crippen LogP contribution in [0.25, 0.3) is 0 Å². The summed E-state index contributed by atoms with van der Waals surface area (Å²) in [6.07, 6.45) is 1.89. The van der Waals surface area contributed by atoms with Crippen molar-refractivity contribution in [3.63, 3.8) is 0 Å². The first-order valence-electron chi connectivity index (χ1n) is 7.26. The van der Waals surface area contributed by atoms with Crippen molar-refractivity contribution in [3.8, 4) is 0 Å². The Bertz CT molecular complexity index is 423. The van der Waals surface area contributed by atoms with Crippen molar-refractivity contribution in [3.05, 3.63) is 0 Å². The van der Waals surface area contributed by atoms with Crippen molar-refractivity contribution in [2.45, 2.75) is 39.2 Å². The highest BCUT2D eigenvalue weighted by Crippen LogP contribution is 2.26. The molecular weight excluding hydrogens is 260 g/mol. The number of aliphatic carboxylic acids is 1. The van der Waals surface area contributed by atoms with Crippen LogP contribution in [-0.4, -0.2) is 58.4 Å². The molecule has 6 nitrogen and oxygen atoms in total. The monoisotopic (exact) mass is 282 g/mol. The molecule has 0 spiro atoms. The zero-order chi connectivity index (χ0) is 14.9. The molecule has 3 atom stereocenters. The molecule has 6 heteroatoms. The Kier molecular flexibility index (Phi) is 4.30. The number of rotatable bonds is 4. The lowest BCUT2D eigenvalue weighted by Crippen LogP contribution is -2.48. The Morgan fingerprint density at radius 2 is 2.10 bits per heavy atom. The van der Waals surface area contributed by atoms with Gasteiger partial charge in [-0.25, -0.2) is 0 Å². The Morgan fingerprint density at radius 1 is 1.40 bits per heavy atom. The predicted molar refractivity (Wildman–Crippen MR) is 71.9 cm³/mol. The Balaban J connectivity index is 2.06. The topological polar surface area (TPSA) is 77.9 Å². The number of carbonyl (C=O) groups excluding carboxylic acids is 2. The molecule has 2 rings (SSSR count). The van der Waals surface area contributed by atoms with Gasteiger partial charge in [0, 0.05) is 26.1 Å². The quantitative estimate of drug-likeness (QED) is 0.817. The highest BCUT2D eigenvalue weighted by atomic mass is 16.4. The molecule has 1 N–H and O–H groups in total. The van der Waals surface area contributed by atoms with Gasteiger partial charge in [-0.2, -0.15) is 0 Å². The summed E-state index contributed by atoms with van der Waals surface area (Å²) in [4.78, 5) is 38.7. The van der Waals surface area contributed by atoms with E-state index in [9.17, 15) is 14.4 Å². The maximum absolute atomic E-state index is 12.6. The van der Waals surface area contributed by atoms with Crippen LogP contribution < -0.4 is 0 Å². The van der Waals surface area contributed by atoms with Gasteiger partial charge < -0.3 is 14.9 Å². The second-order valence-corrected chi connectivity index (χ2v) is 5.78. The summed E-state index contributed by atoms with van der Waals surface area (Å²) in [5, 5.41) is 9.13. The molecule has 2 aliphatic rings. The number of amides is 2. The van der Waals surface area contributed by atoms with Crippen molar-refractivity contribution in [1.82, 2.24) is 9.80 Å². The van der Waals surface area contributed by atoms with Gasteiger partial charge in [-0.1, -0.05) is 13.8 Å². The average Bonchev–Trinajstić information content (AvgIpc) is 2.97. The third-order valence-electron chi connectivity index (χ3n) is 4.40. The van der Waals surface area contributed by atoms with Gasteiger partial charge in [-0.05, 0) is 18.8 Å². The molecule has 2 aliphatic heterocycles. The molecule has 2 amide bonds. The number of nitrogens with zero attached hydrogens (tertiary/aromatic N) is 2. The van der Waals surface area contributed by atoms with Crippen LogP contribution in [-0.2, 0) is 14.4 Å². The minimum Gasteiger partial charge on any atom is -0.481 e. The van der Waals surface area contributed by atoms with Gasteiger partial charge in [-0.3, -0.25) is 14.4 Å². The highest BCUT2D eigenvalue weighted by Gasteiger charge is 2.41. The molecule has 0 aromatic rings. The molecule has 1 unspecified atom stereocenters. The predicted octanol–water partition coefficient (Wildman–Crippen LogP) is 0.566. The molecule has 0 aliphatic carbocycles. The van der Waals surface area contributed by atoms with Gasteiger partial charge in [0.1, 0.15) is 6.04 Å². The van der Waals surface area contributed by atoms with Crippen LogP contribution in [0.1, 0.15) is 33.1 Å².